The Balaban J connectivity index is 1.46. The molecule has 4 rings (SSSR count). The van der Waals surface area contributed by atoms with E-state index in [2.05, 4.69) is 32.7 Å². The van der Waals surface area contributed by atoms with Gasteiger partial charge in [-0.1, -0.05) is 6.07 Å². The van der Waals surface area contributed by atoms with Crippen LogP contribution in [0, 0.1) is 37.0 Å². The maximum Gasteiger partial charge on any atom is 0.220 e. The highest BCUT2D eigenvalue weighted by molar-refractivity contribution is 5.90. The van der Waals surface area contributed by atoms with Gasteiger partial charge in [0.2, 0.25) is 5.91 Å². The Morgan fingerprint density at radius 1 is 1.22 bits per heavy atom. The lowest BCUT2D eigenvalue weighted by atomic mass is 9.72. The fourth-order valence-electron chi connectivity index (χ4n) is 5.81. The Labute approximate surface area is 244 Å². The van der Waals surface area contributed by atoms with Crippen molar-refractivity contribution in [3.05, 3.63) is 53.3 Å². The van der Waals surface area contributed by atoms with Crippen molar-refractivity contribution < 1.29 is 14.3 Å². The van der Waals surface area contributed by atoms with E-state index >= 15 is 0 Å². The predicted octanol–water partition coefficient (Wildman–Crippen LogP) is 4.29. The number of rotatable bonds is 12. The van der Waals surface area contributed by atoms with E-state index in [0.717, 1.165) is 46.9 Å². The molecule has 1 aliphatic heterocycles. The molecule has 2 N–H and O–H groups in total. The van der Waals surface area contributed by atoms with Gasteiger partial charge in [0.05, 0.1) is 42.4 Å². The van der Waals surface area contributed by atoms with E-state index in [1.165, 1.54) is 0 Å². The third-order valence-electron chi connectivity index (χ3n) is 8.05. The van der Waals surface area contributed by atoms with Crippen LogP contribution in [0.1, 0.15) is 49.4 Å². The molecule has 2 aliphatic rings. The summed E-state index contributed by atoms with van der Waals surface area (Å²) in [7, 11) is 4.02. The van der Waals surface area contributed by atoms with Crippen LogP contribution in [0.15, 0.2) is 41.5 Å². The van der Waals surface area contributed by atoms with Gasteiger partial charge in [-0.25, -0.2) is 0 Å². The summed E-state index contributed by atoms with van der Waals surface area (Å²) in [6, 6.07) is 12.2. The molecule has 2 aromatic rings. The quantitative estimate of drug-likeness (QED) is 0.398. The smallest absolute Gasteiger partial charge is 0.220 e. The number of hydrogen-bond acceptors (Lipinski definition) is 8. The van der Waals surface area contributed by atoms with Crippen LogP contribution in [0.5, 0.6) is 5.75 Å². The minimum Gasteiger partial charge on any atom is -0.487 e. The second-order valence-electron chi connectivity index (χ2n) is 11.4. The molecule has 1 saturated carbocycles. The summed E-state index contributed by atoms with van der Waals surface area (Å²) >= 11 is 0. The lowest BCUT2D eigenvalue weighted by Gasteiger charge is -2.44. The largest absolute Gasteiger partial charge is 0.487 e. The fraction of sp³-hybridized carbons (Fsp3) is 0.562. The topological polar surface area (TPSA) is 112 Å². The lowest BCUT2D eigenvalue weighted by molar-refractivity contribution is -0.123. The van der Waals surface area contributed by atoms with Crippen molar-refractivity contribution >= 4 is 17.3 Å². The minimum atomic E-state index is -0.271. The second-order valence-corrected chi connectivity index (χ2v) is 11.4. The number of nitrogens with zero attached hydrogens (tertiary/aromatic N) is 4. The number of nitrogens with one attached hydrogen (secondary N) is 2. The SMILES string of the molecule is CCOC1CC2=NCC(C#N)C(Nc3ccc(OCc4ncccc4C)c(C)c3)C2CC1NC(=O)CCCN(C)C. The Morgan fingerprint density at radius 2 is 2.05 bits per heavy atom. The van der Waals surface area contributed by atoms with E-state index < -0.39 is 0 Å². The summed E-state index contributed by atoms with van der Waals surface area (Å²) in [5, 5.41) is 17.0. The van der Waals surface area contributed by atoms with Gasteiger partial charge in [-0.05, 0) is 89.6 Å². The van der Waals surface area contributed by atoms with Crippen molar-refractivity contribution in [3.8, 4) is 11.8 Å². The molecule has 1 amide bonds. The number of anilines is 1. The molecule has 9 heteroatoms. The van der Waals surface area contributed by atoms with Crippen LogP contribution in [0.4, 0.5) is 5.69 Å². The van der Waals surface area contributed by atoms with Crippen LogP contribution in [-0.4, -0.2) is 73.5 Å². The lowest BCUT2D eigenvalue weighted by Crippen LogP contribution is -2.56. The number of fused-ring (bicyclic) bond motifs is 1. The van der Waals surface area contributed by atoms with Crippen molar-refractivity contribution in [2.45, 2.75) is 71.2 Å². The average molecular weight is 561 g/mol. The molecule has 0 saturated heterocycles. The molecule has 0 radical (unpaired) electrons. The number of aromatic nitrogens is 1. The average Bonchev–Trinajstić information content (AvgIpc) is 2.94. The number of aliphatic imine (C=N–C) groups is 1. The van der Waals surface area contributed by atoms with Gasteiger partial charge >= 0.3 is 0 Å². The summed E-state index contributed by atoms with van der Waals surface area (Å²) in [6.45, 7) is 8.35. The number of carbonyl (C=O) groups is 1. The van der Waals surface area contributed by atoms with E-state index in [-0.39, 0.29) is 35.9 Å². The Hall–Kier alpha value is -3.48. The van der Waals surface area contributed by atoms with Crippen LogP contribution in [-0.2, 0) is 16.1 Å². The Morgan fingerprint density at radius 3 is 2.76 bits per heavy atom. The van der Waals surface area contributed by atoms with Crippen molar-refractivity contribution in [2.75, 3.05) is 39.1 Å². The van der Waals surface area contributed by atoms with Gasteiger partial charge in [0.1, 0.15) is 12.4 Å². The summed E-state index contributed by atoms with van der Waals surface area (Å²) in [5.41, 5.74) is 5.04. The van der Waals surface area contributed by atoms with Crippen molar-refractivity contribution in [1.82, 2.24) is 15.2 Å². The number of nitriles is 1. The van der Waals surface area contributed by atoms with E-state index in [1.807, 2.05) is 59.1 Å². The molecule has 41 heavy (non-hydrogen) atoms. The molecule has 1 aromatic carbocycles. The highest BCUT2D eigenvalue weighted by Crippen LogP contribution is 2.36. The van der Waals surface area contributed by atoms with Gasteiger partial charge in [-0.2, -0.15) is 5.26 Å². The van der Waals surface area contributed by atoms with Crippen molar-refractivity contribution in [3.63, 3.8) is 0 Å². The van der Waals surface area contributed by atoms with Crippen LogP contribution in [0.25, 0.3) is 0 Å². The standard InChI is InChI=1S/C32H44N6O3/c1-6-40-30-17-26-25(16-27(30)37-31(39)10-8-14-38(4)5)32(23(18-33)19-35-26)36-24-11-12-29(22(3)15-24)41-20-28-21(2)9-7-13-34-28/h7,9,11-13,15,23,25,27,30,32,36H,6,8,10,14,16-17,19-20H2,1-5H3,(H,37,39). The first-order valence-corrected chi connectivity index (χ1v) is 14.7. The van der Waals surface area contributed by atoms with Crippen LogP contribution in [0.2, 0.25) is 0 Å². The van der Waals surface area contributed by atoms with Crippen LogP contribution < -0.4 is 15.4 Å². The van der Waals surface area contributed by atoms with Crippen LogP contribution in [0.3, 0.4) is 0 Å². The molecular formula is C32H44N6O3. The molecular weight excluding hydrogens is 516 g/mol. The number of pyridine rings is 1. The zero-order valence-electron chi connectivity index (χ0n) is 25.0. The first-order valence-electron chi connectivity index (χ1n) is 14.7. The van der Waals surface area contributed by atoms with E-state index in [1.54, 1.807) is 6.20 Å². The molecule has 5 unspecified atom stereocenters. The van der Waals surface area contributed by atoms with Gasteiger partial charge < -0.3 is 25.0 Å². The third kappa shape index (κ3) is 8.05. The van der Waals surface area contributed by atoms with Gasteiger partial charge in [0.15, 0.2) is 0 Å². The summed E-state index contributed by atoms with van der Waals surface area (Å²) in [6.07, 6.45) is 4.30. The molecule has 2 heterocycles. The van der Waals surface area contributed by atoms with E-state index in [9.17, 15) is 10.1 Å². The number of hydrogen-bond donors (Lipinski definition) is 2. The predicted molar refractivity (Wildman–Crippen MR) is 161 cm³/mol. The Bertz CT molecular complexity index is 1260. The number of ether oxygens (including phenoxy) is 2. The van der Waals surface area contributed by atoms with E-state index in [4.69, 9.17) is 14.5 Å². The molecule has 5 atom stereocenters. The van der Waals surface area contributed by atoms with Gasteiger partial charge in [-0.3, -0.25) is 14.8 Å². The maximum atomic E-state index is 12.8. The number of carbonyl (C=O) groups excluding carboxylic acids is 1. The normalized spacial score (nSPS) is 23.7. The zero-order valence-corrected chi connectivity index (χ0v) is 25.0. The molecule has 1 aliphatic carbocycles. The van der Waals surface area contributed by atoms with Crippen LogP contribution >= 0.6 is 0 Å². The minimum absolute atomic E-state index is 0.0283. The summed E-state index contributed by atoms with van der Waals surface area (Å²) in [4.78, 5) is 24.2. The monoisotopic (exact) mass is 560 g/mol. The first-order chi connectivity index (χ1) is 19.8. The van der Waals surface area contributed by atoms with Gasteiger partial charge in [-0.15, -0.1) is 0 Å². The highest BCUT2D eigenvalue weighted by Gasteiger charge is 2.44. The first kappa shape index (κ1) is 30.5. The number of benzene rings is 1. The molecule has 220 valence electrons. The maximum absolute atomic E-state index is 12.8. The molecule has 1 fully saturated rings. The second kappa shape index (κ2) is 14.4. The number of amides is 1. The van der Waals surface area contributed by atoms with Crippen molar-refractivity contribution in [1.29, 1.82) is 5.26 Å². The molecule has 1 aromatic heterocycles. The Kier molecular flexibility index (Phi) is 10.7. The fourth-order valence-corrected chi connectivity index (χ4v) is 5.81. The third-order valence-corrected chi connectivity index (χ3v) is 8.05. The molecule has 9 nitrogen and oxygen atoms in total. The summed E-state index contributed by atoms with van der Waals surface area (Å²) < 4.78 is 12.2. The zero-order chi connectivity index (χ0) is 29.4. The van der Waals surface area contributed by atoms with Crippen molar-refractivity contribution in [2.24, 2.45) is 16.8 Å². The van der Waals surface area contributed by atoms with E-state index in [0.29, 0.717) is 39.0 Å². The van der Waals surface area contributed by atoms with Gasteiger partial charge in [0, 0.05) is 43.0 Å². The number of aryl methyl sites for hydroxylation is 2. The summed E-state index contributed by atoms with van der Waals surface area (Å²) in [5.74, 6) is 0.608. The molecule has 0 bridgehead atoms. The molecule has 0 spiro atoms. The van der Waals surface area contributed by atoms with Gasteiger partial charge in [0.25, 0.3) is 0 Å². The highest BCUT2D eigenvalue weighted by atomic mass is 16.5.